The quantitative estimate of drug-likeness (QED) is 0.490. The fourth-order valence-corrected chi connectivity index (χ4v) is 4.50. The van der Waals surface area contributed by atoms with Gasteiger partial charge in [0, 0.05) is 5.92 Å². The molecule has 0 N–H and O–H groups in total. The largest absolute Gasteiger partial charge is 0.240 e. The summed E-state index contributed by atoms with van der Waals surface area (Å²) in [6, 6.07) is 15.1. The molecule has 1 aliphatic carbocycles. The number of hydrogen-bond acceptors (Lipinski definition) is 6. The van der Waals surface area contributed by atoms with E-state index >= 15 is 0 Å². The Morgan fingerprint density at radius 3 is 1.63 bits per heavy atom. The van der Waals surface area contributed by atoms with Gasteiger partial charge in [-0.05, 0) is 59.6 Å². The zero-order valence-corrected chi connectivity index (χ0v) is 16.8. The maximum atomic E-state index is 10.7. The maximum Gasteiger partial charge on any atom is 0.240 e. The van der Waals surface area contributed by atoms with Crippen molar-refractivity contribution >= 4 is 29.6 Å². The summed E-state index contributed by atoms with van der Waals surface area (Å²) in [5, 5.41) is 0. The molecular weight excluding hydrogens is 378 g/mol. The van der Waals surface area contributed by atoms with E-state index in [1.54, 1.807) is 42.5 Å². The van der Waals surface area contributed by atoms with E-state index in [1.165, 1.54) is 0 Å². The Morgan fingerprint density at radius 2 is 1.23 bits per heavy atom. The maximum absolute atomic E-state index is 10.7. The van der Waals surface area contributed by atoms with Gasteiger partial charge in [0.1, 0.15) is 0 Å². The van der Waals surface area contributed by atoms with Gasteiger partial charge < -0.3 is 0 Å². The van der Waals surface area contributed by atoms with E-state index in [2.05, 4.69) is 28.8 Å². The Balaban J connectivity index is 2.08. The number of hydrogen-bond donors (Lipinski definition) is 0. The second kappa shape index (κ2) is 9.69. The van der Waals surface area contributed by atoms with Crippen LogP contribution in [-0.2, 0) is 14.4 Å². The lowest BCUT2D eigenvalue weighted by molar-refractivity contribution is 0.243. The van der Waals surface area contributed by atoms with E-state index in [-0.39, 0.29) is 23.7 Å². The van der Waals surface area contributed by atoms with Crippen molar-refractivity contribution in [3.8, 4) is 0 Å². The third-order valence-electron chi connectivity index (χ3n) is 5.68. The number of rotatable bonds is 6. The predicted molar refractivity (Wildman–Crippen MR) is 113 cm³/mol. The molecule has 0 amide bonds. The van der Waals surface area contributed by atoms with Crippen LogP contribution < -0.4 is 0 Å². The molecule has 150 valence electrons. The van der Waals surface area contributed by atoms with E-state index in [9.17, 15) is 14.4 Å². The standard InChI is InChI=1S/C24H21N3O3/c1-16-11-22(27-15-30)12-17(2)23(16)24(18-3-7-20(8-4-18)25-13-28)19-5-9-21(10-6-19)26-14-29/h3-11,16-17,23-24H,12H2,1-2H3. The molecule has 3 atom stereocenters. The van der Waals surface area contributed by atoms with Crippen LogP contribution in [0.15, 0.2) is 75.3 Å². The van der Waals surface area contributed by atoms with Gasteiger partial charge in [0.2, 0.25) is 18.2 Å². The molecule has 0 saturated carbocycles. The van der Waals surface area contributed by atoms with E-state index in [4.69, 9.17) is 0 Å². The molecule has 0 aliphatic heterocycles. The Hall–Kier alpha value is -3.68. The van der Waals surface area contributed by atoms with Crippen molar-refractivity contribution in [2.45, 2.75) is 26.2 Å². The van der Waals surface area contributed by atoms with Crippen molar-refractivity contribution in [2.75, 3.05) is 0 Å². The average molecular weight is 399 g/mol. The lowest BCUT2D eigenvalue weighted by atomic mass is 9.65. The van der Waals surface area contributed by atoms with Crippen LogP contribution in [0, 0.1) is 17.8 Å². The van der Waals surface area contributed by atoms with Gasteiger partial charge in [-0.3, -0.25) is 0 Å². The molecule has 2 aromatic rings. The second-order valence-electron chi connectivity index (χ2n) is 7.55. The summed E-state index contributed by atoms with van der Waals surface area (Å²) in [5.74, 6) is 0.738. The third-order valence-corrected chi connectivity index (χ3v) is 5.68. The summed E-state index contributed by atoms with van der Waals surface area (Å²) in [7, 11) is 0. The second-order valence-corrected chi connectivity index (χ2v) is 7.55. The molecule has 6 heteroatoms. The number of nitrogens with zero attached hydrogens (tertiary/aromatic N) is 3. The zero-order valence-electron chi connectivity index (χ0n) is 16.8. The lowest BCUT2D eigenvalue weighted by Crippen LogP contribution is -2.30. The molecule has 0 saturated heterocycles. The van der Waals surface area contributed by atoms with Crippen molar-refractivity contribution < 1.29 is 14.4 Å². The smallest absolute Gasteiger partial charge is 0.211 e. The molecule has 1 aliphatic rings. The van der Waals surface area contributed by atoms with E-state index < -0.39 is 0 Å². The Kier molecular flexibility index (Phi) is 6.79. The fraction of sp³-hybridized carbons (Fsp3) is 0.292. The van der Waals surface area contributed by atoms with Gasteiger partial charge in [-0.1, -0.05) is 44.2 Å². The van der Waals surface area contributed by atoms with Crippen LogP contribution in [0.2, 0.25) is 0 Å². The molecule has 30 heavy (non-hydrogen) atoms. The molecule has 3 rings (SSSR count). The van der Waals surface area contributed by atoms with Crippen LogP contribution in [0.25, 0.3) is 0 Å². The van der Waals surface area contributed by atoms with Crippen LogP contribution in [0.1, 0.15) is 37.3 Å². The van der Waals surface area contributed by atoms with Gasteiger partial charge in [-0.2, -0.15) is 15.0 Å². The molecule has 0 bridgehead atoms. The SMILES string of the molecule is CC1C=C(N=C=O)CC(C)C1C(c1ccc(N=C=O)cc1)c1ccc(N=C=O)cc1. The molecule has 0 radical (unpaired) electrons. The Bertz CT molecular complexity index is 1010. The van der Waals surface area contributed by atoms with Crippen LogP contribution in [0.3, 0.4) is 0 Å². The molecule has 0 spiro atoms. The lowest BCUT2D eigenvalue weighted by Gasteiger charge is -2.39. The van der Waals surface area contributed by atoms with Crippen molar-refractivity contribution in [1.29, 1.82) is 0 Å². The molecule has 0 fully saturated rings. The highest BCUT2D eigenvalue weighted by Gasteiger charge is 2.36. The Morgan fingerprint density at radius 1 is 0.767 bits per heavy atom. The van der Waals surface area contributed by atoms with Gasteiger partial charge >= 0.3 is 0 Å². The minimum absolute atomic E-state index is 0.0523. The highest BCUT2D eigenvalue weighted by atomic mass is 16.1. The number of allylic oxidation sites excluding steroid dienone is 2. The molecule has 0 heterocycles. The monoisotopic (exact) mass is 399 g/mol. The van der Waals surface area contributed by atoms with Crippen LogP contribution in [0.5, 0.6) is 0 Å². The highest BCUT2D eigenvalue weighted by Crippen LogP contribution is 2.46. The summed E-state index contributed by atoms with van der Waals surface area (Å²) in [5.41, 5.74) is 4.05. The molecule has 0 aromatic heterocycles. The van der Waals surface area contributed by atoms with Gasteiger partial charge in [0.15, 0.2) is 0 Å². The van der Waals surface area contributed by atoms with E-state index in [0.717, 1.165) is 16.8 Å². The summed E-state index contributed by atoms with van der Waals surface area (Å²) in [6.07, 6.45) is 7.50. The average Bonchev–Trinajstić information content (AvgIpc) is 2.73. The topological polar surface area (TPSA) is 88.3 Å². The molecule has 2 aromatic carbocycles. The number of benzene rings is 2. The predicted octanol–water partition coefficient (Wildman–Crippen LogP) is 5.26. The molecule has 6 nitrogen and oxygen atoms in total. The van der Waals surface area contributed by atoms with Crippen molar-refractivity contribution in [3.05, 3.63) is 71.4 Å². The first-order chi connectivity index (χ1) is 14.6. The van der Waals surface area contributed by atoms with Gasteiger partial charge in [0.05, 0.1) is 17.1 Å². The first-order valence-corrected chi connectivity index (χ1v) is 9.71. The summed E-state index contributed by atoms with van der Waals surface area (Å²) < 4.78 is 0. The van der Waals surface area contributed by atoms with Gasteiger partial charge in [-0.25, -0.2) is 14.4 Å². The highest BCUT2D eigenvalue weighted by molar-refractivity contribution is 5.52. The normalized spacial score (nSPS) is 21.3. The van der Waals surface area contributed by atoms with Crippen LogP contribution >= 0.6 is 0 Å². The first kappa shape index (κ1) is 21.0. The van der Waals surface area contributed by atoms with Crippen molar-refractivity contribution in [1.82, 2.24) is 0 Å². The minimum atomic E-state index is 0.0523. The van der Waals surface area contributed by atoms with Crippen molar-refractivity contribution in [2.24, 2.45) is 32.7 Å². The van der Waals surface area contributed by atoms with E-state index in [1.807, 2.05) is 30.3 Å². The van der Waals surface area contributed by atoms with Crippen molar-refractivity contribution in [3.63, 3.8) is 0 Å². The summed E-state index contributed by atoms with van der Waals surface area (Å²) in [6.45, 7) is 4.29. The van der Waals surface area contributed by atoms with Gasteiger partial charge in [-0.15, -0.1) is 0 Å². The number of isocyanates is 3. The summed E-state index contributed by atoms with van der Waals surface area (Å²) >= 11 is 0. The number of aliphatic imine (C=N–C) groups is 3. The molecule has 3 unspecified atom stereocenters. The third kappa shape index (κ3) is 4.65. The van der Waals surface area contributed by atoms with Crippen LogP contribution in [0.4, 0.5) is 11.4 Å². The summed E-state index contributed by atoms with van der Waals surface area (Å²) in [4.78, 5) is 43.0. The zero-order chi connectivity index (χ0) is 21.5. The fourth-order valence-electron chi connectivity index (χ4n) is 4.50. The van der Waals surface area contributed by atoms with E-state index in [0.29, 0.717) is 17.8 Å². The number of carbonyl (C=O) groups excluding carboxylic acids is 3. The van der Waals surface area contributed by atoms with Crippen LogP contribution in [-0.4, -0.2) is 18.2 Å². The molecular formula is C24H21N3O3. The first-order valence-electron chi connectivity index (χ1n) is 9.71. The van der Waals surface area contributed by atoms with Gasteiger partial charge in [0.25, 0.3) is 0 Å². The Labute approximate surface area is 174 Å². The minimum Gasteiger partial charge on any atom is -0.211 e.